The molecule has 2 N–H and O–H groups in total. The van der Waals surface area contributed by atoms with Gasteiger partial charge in [-0.05, 0) is 67.1 Å². The van der Waals surface area contributed by atoms with E-state index < -0.39 is 5.97 Å². The number of ether oxygens (including phenoxy) is 1. The number of carboxylic acid groups (broad SMARTS) is 1. The summed E-state index contributed by atoms with van der Waals surface area (Å²) < 4.78 is 6.05. The lowest BCUT2D eigenvalue weighted by Gasteiger charge is -2.29. The molecule has 4 rings (SSSR count). The molecule has 1 heterocycles. The van der Waals surface area contributed by atoms with Gasteiger partial charge in [0.15, 0.2) is 0 Å². The van der Waals surface area contributed by atoms with Crippen LogP contribution in [0.3, 0.4) is 0 Å². The Balaban J connectivity index is 1.83. The van der Waals surface area contributed by atoms with Crippen molar-refractivity contribution in [3.05, 3.63) is 70.1 Å². The molecule has 0 fully saturated rings. The molecule has 0 radical (unpaired) electrons. The molecule has 2 aromatic carbocycles. The third kappa shape index (κ3) is 4.13. The SMILES string of the molecule is CNCc1ccc(Oc2ccccc2)cc1-c1sc2c(c1C(=O)O)CC(C)(C)CC2. The van der Waals surface area contributed by atoms with Crippen LogP contribution >= 0.6 is 11.3 Å². The van der Waals surface area contributed by atoms with Crippen molar-refractivity contribution in [2.45, 2.75) is 39.7 Å². The van der Waals surface area contributed by atoms with E-state index in [0.29, 0.717) is 17.9 Å². The molecule has 0 atom stereocenters. The van der Waals surface area contributed by atoms with E-state index in [4.69, 9.17) is 4.74 Å². The van der Waals surface area contributed by atoms with Crippen LogP contribution < -0.4 is 10.1 Å². The number of fused-ring (bicyclic) bond motifs is 1. The highest BCUT2D eigenvalue weighted by Gasteiger charge is 2.33. The topological polar surface area (TPSA) is 58.6 Å². The number of hydrogen-bond acceptors (Lipinski definition) is 4. The van der Waals surface area contributed by atoms with Gasteiger partial charge < -0.3 is 15.2 Å². The number of hydrogen-bond donors (Lipinski definition) is 2. The third-order valence-electron chi connectivity index (χ3n) is 5.66. The largest absolute Gasteiger partial charge is 0.478 e. The highest BCUT2D eigenvalue weighted by atomic mass is 32.1. The zero-order valence-electron chi connectivity index (χ0n) is 17.6. The number of nitrogens with one attached hydrogen (secondary N) is 1. The summed E-state index contributed by atoms with van der Waals surface area (Å²) in [4.78, 5) is 14.4. The average molecular weight is 422 g/mol. The van der Waals surface area contributed by atoms with Crippen LogP contribution in [0.1, 0.15) is 46.6 Å². The van der Waals surface area contributed by atoms with Gasteiger partial charge in [-0.1, -0.05) is 38.1 Å². The maximum absolute atomic E-state index is 12.3. The van der Waals surface area contributed by atoms with E-state index in [0.717, 1.165) is 46.6 Å². The van der Waals surface area contributed by atoms with Gasteiger partial charge >= 0.3 is 5.97 Å². The summed E-state index contributed by atoms with van der Waals surface area (Å²) in [5, 5.41) is 13.3. The Morgan fingerprint density at radius 2 is 1.93 bits per heavy atom. The highest BCUT2D eigenvalue weighted by Crippen LogP contribution is 2.46. The summed E-state index contributed by atoms with van der Waals surface area (Å²) in [6.45, 7) is 5.10. The van der Waals surface area contributed by atoms with Gasteiger partial charge in [0.2, 0.25) is 0 Å². The first-order valence-electron chi connectivity index (χ1n) is 10.3. The predicted octanol–water partition coefficient (Wildman–Crippen LogP) is 6.14. The maximum Gasteiger partial charge on any atom is 0.337 e. The monoisotopic (exact) mass is 421 g/mol. The minimum atomic E-state index is -0.843. The summed E-state index contributed by atoms with van der Waals surface area (Å²) in [7, 11) is 1.90. The highest BCUT2D eigenvalue weighted by molar-refractivity contribution is 7.16. The molecule has 0 amide bonds. The molecule has 1 aliphatic rings. The molecular formula is C25H27NO3S. The van der Waals surface area contributed by atoms with Gasteiger partial charge in [0.1, 0.15) is 11.5 Å². The van der Waals surface area contributed by atoms with E-state index in [2.05, 4.69) is 19.2 Å². The van der Waals surface area contributed by atoms with Gasteiger partial charge in [-0.25, -0.2) is 4.79 Å². The van der Waals surface area contributed by atoms with Crippen LogP contribution in [0.15, 0.2) is 48.5 Å². The molecule has 4 nitrogen and oxygen atoms in total. The van der Waals surface area contributed by atoms with Crippen molar-refractivity contribution in [1.29, 1.82) is 0 Å². The van der Waals surface area contributed by atoms with Crippen molar-refractivity contribution >= 4 is 17.3 Å². The Hall–Kier alpha value is -2.63. The number of aromatic carboxylic acids is 1. The summed E-state index contributed by atoms with van der Waals surface area (Å²) in [5.41, 5.74) is 3.62. The van der Waals surface area contributed by atoms with Crippen molar-refractivity contribution in [1.82, 2.24) is 5.32 Å². The lowest BCUT2D eigenvalue weighted by atomic mass is 9.76. The van der Waals surface area contributed by atoms with E-state index in [-0.39, 0.29) is 5.41 Å². The van der Waals surface area contributed by atoms with Gasteiger partial charge in [-0.2, -0.15) is 0 Å². The lowest BCUT2D eigenvalue weighted by Crippen LogP contribution is -2.22. The van der Waals surface area contributed by atoms with Crippen LogP contribution in [0.25, 0.3) is 10.4 Å². The molecule has 30 heavy (non-hydrogen) atoms. The lowest BCUT2D eigenvalue weighted by molar-refractivity contribution is 0.0696. The number of carboxylic acids is 1. The van der Waals surface area contributed by atoms with Crippen LogP contribution in [-0.4, -0.2) is 18.1 Å². The standard InChI is InChI=1S/C25H27NO3S/c1-25(2)12-11-21-20(14-25)22(24(27)28)23(30-21)19-13-18(10-9-16(19)15-26-3)29-17-7-5-4-6-8-17/h4-10,13,26H,11-12,14-15H2,1-3H3,(H,27,28). The molecule has 3 aromatic rings. The fraction of sp³-hybridized carbons (Fsp3) is 0.320. The van der Waals surface area contributed by atoms with Crippen molar-refractivity contribution in [3.63, 3.8) is 0 Å². The number of aryl methyl sites for hydroxylation is 1. The first-order valence-corrected chi connectivity index (χ1v) is 11.1. The van der Waals surface area contributed by atoms with Crippen molar-refractivity contribution in [2.24, 2.45) is 5.41 Å². The number of rotatable bonds is 6. The Kier molecular flexibility index (Phi) is 5.67. The molecule has 0 saturated carbocycles. The van der Waals surface area contributed by atoms with Crippen LogP contribution in [0.5, 0.6) is 11.5 Å². The van der Waals surface area contributed by atoms with E-state index in [1.165, 1.54) is 4.88 Å². The molecule has 1 aliphatic carbocycles. The minimum Gasteiger partial charge on any atom is -0.478 e. The molecule has 1 aromatic heterocycles. The quantitative estimate of drug-likeness (QED) is 0.502. The van der Waals surface area contributed by atoms with Gasteiger partial charge in [0.05, 0.1) is 5.56 Å². The maximum atomic E-state index is 12.3. The summed E-state index contributed by atoms with van der Waals surface area (Å²) in [6.07, 6.45) is 2.83. The van der Waals surface area contributed by atoms with Gasteiger partial charge in [-0.15, -0.1) is 11.3 Å². The second kappa shape index (κ2) is 8.25. The van der Waals surface area contributed by atoms with Crippen molar-refractivity contribution in [3.8, 4) is 21.9 Å². The molecule has 156 valence electrons. The molecule has 0 aliphatic heterocycles. The van der Waals surface area contributed by atoms with E-state index in [1.54, 1.807) is 11.3 Å². The zero-order valence-corrected chi connectivity index (χ0v) is 18.4. The normalized spacial score (nSPS) is 14.9. The smallest absolute Gasteiger partial charge is 0.337 e. The second-order valence-corrected chi connectivity index (χ2v) is 9.72. The number of para-hydroxylation sites is 1. The van der Waals surface area contributed by atoms with Crippen LogP contribution in [0, 0.1) is 5.41 Å². The summed E-state index contributed by atoms with van der Waals surface area (Å²) >= 11 is 1.63. The Morgan fingerprint density at radius 3 is 2.63 bits per heavy atom. The van der Waals surface area contributed by atoms with E-state index >= 15 is 0 Å². The molecule has 5 heteroatoms. The predicted molar refractivity (Wildman–Crippen MR) is 122 cm³/mol. The van der Waals surface area contributed by atoms with Crippen molar-refractivity contribution in [2.75, 3.05) is 7.05 Å². The number of benzene rings is 2. The Bertz CT molecular complexity index is 1070. The first kappa shape index (κ1) is 20.6. The zero-order chi connectivity index (χ0) is 21.3. The van der Waals surface area contributed by atoms with E-state index in [1.807, 2.05) is 55.6 Å². The summed E-state index contributed by atoms with van der Waals surface area (Å²) in [6, 6.07) is 15.6. The average Bonchev–Trinajstić information content (AvgIpc) is 3.07. The molecule has 0 unspecified atom stereocenters. The van der Waals surface area contributed by atoms with Crippen molar-refractivity contribution < 1.29 is 14.6 Å². The van der Waals surface area contributed by atoms with E-state index in [9.17, 15) is 9.90 Å². The molecule has 0 bridgehead atoms. The van der Waals surface area contributed by atoms with Crippen LogP contribution in [0.4, 0.5) is 0 Å². The minimum absolute atomic E-state index is 0.127. The molecular weight excluding hydrogens is 394 g/mol. The fourth-order valence-corrected chi connectivity index (χ4v) is 5.50. The molecule has 0 spiro atoms. The van der Waals surface area contributed by atoms with Gasteiger partial charge in [0.25, 0.3) is 0 Å². The van der Waals surface area contributed by atoms with Gasteiger partial charge in [-0.3, -0.25) is 0 Å². The Labute approximate surface area is 181 Å². The number of carbonyl (C=O) groups is 1. The third-order valence-corrected chi connectivity index (χ3v) is 6.99. The van der Waals surface area contributed by atoms with Crippen LogP contribution in [0.2, 0.25) is 0 Å². The van der Waals surface area contributed by atoms with Crippen LogP contribution in [-0.2, 0) is 19.4 Å². The fourth-order valence-electron chi connectivity index (χ4n) is 4.14. The second-order valence-electron chi connectivity index (χ2n) is 8.62. The first-order chi connectivity index (χ1) is 14.4. The van der Waals surface area contributed by atoms with Gasteiger partial charge in [0, 0.05) is 21.9 Å². The summed E-state index contributed by atoms with van der Waals surface area (Å²) in [5.74, 6) is 0.625. The molecule has 0 saturated heterocycles. The number of thiophene rings is 1. The Morgan fingerprint density at radius 1 is 1.17 bits per heavy atom.